The molecule has 0 aliphatic carbocycles. The van der Waals surface area contributed by atoms with E-state index in [1.807, 2.05) is 0 Å². The number of carbonyl (C=O) groups excluding carboxylic acids is 1. The Morgan fingerprint density at radius 1 is 0.529 bits per heavy atom. The lowest BCUT2D eigenvalue weighted by molar-refractivity contribution is -0.148. The zero-order valence-electron chi connectivity index (χ0n) is 34.7. The van der Waals surface area contributed by atoms with Crippen molar-refractivity contribution in [2.45, 2.75) is 213 Å². The lowest BCUT2D eigenvalue weighted by Crippen LogP contribution is -2.45. The van der Waals surface area contributed by atoms with Crippen molar-refractivity contribution in [2.75, 3.05) is 46.6 Å². The number of allylic oxidation sites excluding steroid dienone is 4. The molecule has 51 heavy (non-hydrogen) atoms. The van der Waals surface area contributed by atoms with Gasteiger partial charge in [0.15, 0.2) is 6.10 Å². The van der Waals surface area contributed by atoms with Crippen molar-refractivity contribution >= 4 is 5.91 Å². The summed E-state index contributed by atoms with van der Waals surface area (Å²) in [5.41, 5.74) is 5.83. The zero-order valence-corrected chi connectivity index (χ0v) is 34.7. The monoisotopic (exact) mass is 721 g/mol. The number of nitrogens with two attached hydrogens (primary N) is 1. The van der Waals surface area contributed by atoms with Gasteiger partial charge < -0.3 is 24.8 Å². The number of primary amides is 1. The molecule has 0 aromatic carbocycles. The van der Waals surface area contributed by atoms with Crippen LogP contribution in [0.25, 0.3) is 0 Å². The predicted octanol–water partition coefficient (Wildman–Crippen LogP) is 12.3. The number of carbonyl (C=O) groups is 1. The molecule has 0 spiro atoms. The minimum Gasteiger partial charge on any atom is -0.377 e. The third-order valence-corrected chi connectivity index (χ3v) is 10.00. The molecule has 0 saturated carbocycles. The van der Waals surface area contributed by atoms with Crippen molar-refractivity contribution < 1.29 is 19.0 Å². The first-order valence-corrected chi connectivity index (χ1v) is 22.1. The van der Waals surface area contributed by atoms with E-state index in [-0.39, 0.29) is 0 Å². The van der Waals surface area contributed by atoms with Crippen LogP contribution in [0.15, 0.2) is 24.3 Å². The predicted molar refractivity (Wildman–Crippen MR) is 222 cm³/mol. The van der Waals surface area contributed by atoms with Gasteiger partial charge in [0.1, 0.15) is 6.10 Å². The van der Waals surface area contributed by atoms with Crippen molar-refractivity contribution in [2.24, 2.45) is 5.73 Å². The molecule has 2 unspecified atom stereocenters. The molecule has 0 bridgehead atoms. The van der Waals surface area contributed by atoms with E-state index in [1.165, 1.54) is 154 Å². The van der Waals surface area contributed by atoms with Gasteiger partial charge in [-0.05, 0) is 77.8 Å². The highest BCUT2D eigenvalue weighted by Gasteiger charge is 2.28. The fraction of sp³-hybridized carbons (Fsp3) is 0.889. The molecule has 6 nitrogen and oxygen atoms in total. The van der Waals surface area contributed by atoms with E-state index in [2.05, 4.69) is 57.0 Å². The molecule has 0 saturated heterocycles. The molecule has 0 heterocycles. The number of unbranched alkanes of at least 4 members (excludes halogenated alkanes) is 24. The number of likely N-dealkylation sites (N-methyl/N-ethyl adjacent to an activating group) is 1. The third kappa shape index (κ3) is 36.9. The number of ether oxygens (including phenoxy) is 3. The summed E-state index contributed by atoms with van der Waals surface area (Å²) in [4.78, 5) is 14.7. The lowest BCUT2D eigenvalue weighted by Gasteiger charge is -2.26. The van der Waals surface area contributed by atoms with Gasteiger partial charge in [-0.15, -0.1) is 0 Å². The minimum atomic E-state index is -0.772. The fourth-order valence-electron chi connectivity index (χ4n) is 6.32. The van der Waals surface area contributed by atoms with Crippen LogP contribution in [-0.4, -0.2) is 69.6 Å². The number of rotatable bonds is 42. The molecule has 0 aromatic rings. The van der Waals surface area contributed by atoms with E-state index in [0.717, 1.165) is 38.8 Å². The Morgan fingerprint density at radius 3 is 1.29 bits per heavy atom. The number of nitrogens with zero attached hydrogens (tertiary/aromatic N) is 1. The molecule has 2 N–H and O–H groups in total. The van der Waals surface area contributed by atoms with E-state index in [0.29, 0.717) is 26.4 Å². The lowest BCUT2D eigenvalue weighted by atomic mass is 10.1. The molecule has 0 aliphatic rings. The largest absolute Gasteiger partial charge is 0.377 e. The van der Waals surface area contributed by atoms with Crippen LogP contribution < -0.4 is 5.73 Å². The first-order chi connectivity index (χ1) is 25.1. The Hall–Kier alpha value is -1.21. The number of amides is 1. The van der Waals surface area contributed by atoms with Crippen LogP contribution in [-0.2, 0) is 19.0 Å². The van der Waals surface area contributed by atoms with E-state index >= 15 is 0 Å². The van der Waals surface area contributed by atoms with Crippen LogP contribution in [0.1, 0.15) is 201 Å². The van der Waals surface area contributed by atoms with E-state index in [1.54, 1.807) is 0 Å². The first-order valence-electron chi connectivity index (χ1n) is 22.1. The SMILES string of the molecule is CCCCCCCC/C=C\CCCCCCCCOC(COCCN(C)CC)C(OCCCCCCCC/C=C\CCCCCCCC)C(N)=O. The summed E-state index contributed by atoms with van der Waals surface area (Å²) in [6, 6.07) is 0. The van der Waals surface area contributed by atoms with Gasteiger partial charge in [-0.2, -0.15) is 0 Å². The summed E-state index contributed by atoms with van der Waals surface area (Å²) in [5, 5.41) is 0. The van der Waals surface area contributed by atoms with Crippen LogP contribution >= 0.6 is 0 Å². The van der Waals surface area contributed by atoms with E-state index in [9.17, 15) is 4.79 Å². The summed E-state index contributed by atoms with van der Waals surface area (Å²) >= 11 is 0. The second kappa shape index (κ2) is 41.5. The average Bonchev–Trinajstić information content (AvgIpc) is 3.13. The molecular weight excluding hydrogens is 633 g/mol. The van der Waals surface area contributed by atoms with E-state index < -0.39 is 18.1 Å². The second-order valence-electron chi connectivity index (χ2n) is 14.9. The molecule has 302 valence electrons. The van der Waals surface area contributed by atoms with Gasteiger partial charge in [0.25, 0.3) is 0 Å². The Bertz CT molecular complexity index is 758. The number of hydrogen-bond acceptors (Lipinski definition) is 5. The van der Waals surface area contributed by atoms with Crippen LogP contribution in [0.5, 0.6) is 0 Å². The summed E-state index contributed by atoms with van der Waals surface area (Å²) in [5.74, 6) is -0.458. The molecule has 0 aromatic heterocycles. The van der Waals surface area contributed by atoms with Gasteiger partial charge in [0, 0.05) is 19.8 Å². The topological polar surface area (TPSA) is 74.0 Å². The van der Waals surface area contributed by atoms with Crippen molar-refractivity contribution in [1.82, 2.24) is 4.90 Å². The van der Waals surface area contributed by atoms with Crippen LogP contribution in [0.3, 0.4) is 0 Å². The molecule has 0 radical (unpaired) electrons. The van der Waals surface area contributed by atoms with Crippen molar-refractivity contribution in [1.29, 1.82) is 0 Å². The number of hydrogen-bond donors (Lipinski definition) is 1. The summed E-state index contributed by atoms with van der Waals surface area (Å²) in [7, 11) is 2.08. The maximum Gasteiger partial charge on any atom is 0.249 e. The summed E-state index contributed by atoms with van der Waals surface area (Å²) in [6.07, 6.45) is 43.9. The maximum atomic E-state index is 12.5. The van der Waals surface area contributed by atoms with E-state index in [4.69, 9.17) is 19.9 Å². The van der Waals surface area contributed by atoms with Crippen molar-refractivity contribution in [3.8, 4) is 0 Å². The van der Waals surface area contributed by atoms with Crippen molar-refractivity contribution in [3.63, 3.8) is 0 Å². The quantitative estimate of drug-likeness (QED) is 0.0502. The van der Waals surface area contributed by atoms with Crippen molar-refractivity contribution in [3.05, 3.63) is 24.3 Å². The summed E-state index contributed by atoms with van der Waals surface area (Å²) < 4.78 is 18.2. The van der Waals surface area contributed by atoms with Gasteiger partial charge >= 0.3 is 0 Å². The Balaban J connectivity index is 4.18. The molecule has 6 heteroatoms. The van der Waals surface area contributed by atoms with Crippen LogP contribution in [0, 0.1) is 0 Å². The molecule has 0 fully saturated rings. The van der Waals surface area contributed by atoms with Gasteiger partial charge in [0.2, 0.25) is 5.91 Å². The molecule has 0 aliphatic heterocycles. The first kappa shape index (κ1) is 49.8. The van der Waals surface area contributed by atoms with Gasteiger partial charge in [0.05, 0.1) is 13.2 Å². The standard InChI is InChI=1S/C45H88N2O4/c1-5-8-10-12-14-16-18-20-22-24-26-28-30-32-34-36-39-50-43(42-49-41-38-47(4)7-3)44(45(46)48)51-40-37-35-33-31-29-27-25-23-21-19-17-15-13-11-9-6-2/h20-23,43-44H,5-19,24-42H2,1-4H3,(H2,46,48)/b22-20-,23-21-. The normalized spacial score (nSPS) is 13.3. The third-order valence-electron chi connectivity index (χ3n) is 10.00. The smallest absolute Gasteiger partial charge is 0.249 e. The average molecular weight is 721 g/mol. The Labute approximate surface area is 318 Å². The zero-order chi connectivity index (χ0) is 37.3. The highest BCUT2D eigenvalue weighted by atomic mass is 16.6. The van der Waals surface area contributed by atoms with Gasteiger partial charge in [-0.25, -0.2) is 0 Å². The van der Waals surface area contributed by atoms with Gasteiger partial charge in [-0.3, -0.25) is 4.79 Å². The minimum absolute atomic E-state index is 0.324. The second-order valence-corrected chi connectivity index (χ2v) is 14.9. The Morgan fingerprint density at radius 2 is 0.902 bits per heavy atom. The Kier molecular flexibility index (Phi) is 40.6. The van der Waals surface area contributed by atoms with Gasteiger partial charge in [-0.1, -0.05) is 161 Å². The molecule has 2 atom stereocenters. The molecular formula is C45H88N2O4. The summed E-state index contributed by atoms with van der Waals surface area (Å²) in [6.45, 7) is 10.6. The molecule has 0 rings (SSSR count). The highest BCUT2D eigenvalue weighted by Crippen LogP contribution is 2.14. The van der Waals surface area contributed by atoms with Crippen LogP contribution in [0.2, 0.25) is 0 Å². The van der Waals surface area contributed by atoms with Crippen LogP contribution in [0.4, 0.5) is 0 Å². The highest BCUT2D eigenvalue weighted by molar-refractivity contribution is 5.79. The fourth-order valence-corrected chi connectivity index (χ4v) is 6.32. The maximum absolute atomic E-state index is 12.5. The molecule has 1 amide bonds.